The Hall–Kier alpha value is -2.88. The van der Waals surface area contributed by atoms with Gasteiger partial charge in [-0.3, -0.25) is 9.79 Å². The van der Waals surface area contributed by atoms with Crippen molar-refractivity contribution in [3.8, 4) is 0 Å². The van der Waals surface area contributed by atoms with E-state index < -0.39 is 5.54 Å². The number of hydrogen-bond acceptors (Lipinski definition) is 3. The van der Waals surface area contributed by atoms with E-state index in [1.807, 2.05) is 59.6 Å². The van der Waals surface area contributed by atoms with E-state index in [2.05, 4.69) is 55.7 Å². The molecule has 1 aromatic carbocycles. The predicted octanol–water partition coefficient (Wildman–Crippen LogP) is 5.96. The molecule has 0 aliphatic heterocycles. The van der Waals surface area contributed by atoms with Gasteiger partial charge in [0.25, 0.3) is 5.91 Å². The molecule has 0 bridgehead atoms. The molecule has 1 atom stereocenters. The summed E-state index contributed by atoms with van der Waals surface area (Å²) in [5.41, 5.74) is 4.08. The number of benzene rings is 1. The molecule has 1 aliphatic rings. The number of likely N-dealkylation sites (N-methyl/N-ethyl adjacent to an activating group) is 1. The number of hydrogen-bond donors (Lipinski definition) is 1. The zero-order valence-corrected chi connectivity index (χ0v) is 20.5. The summed E-state index contributed by atoms with van der Waals surface area (Å²) in [6, 6.07) is 8.23. The van der Waals surface area contributed by atoms with Crippen LogP contribution >= 0.6 is 0 Å². The van der Waals surface area contributed by atoms with Crippen molar-refractivity contribution in [2.75, 3.05) is 7.05 Å². The third-order valence-electron chi connectivity index (χ3n) is 5.30. The van der Waals surface area contributed by atoms with Crippen molar-refractivity contribution < 1.29 is 6.22 Å². The van der Waals surface area contributed by atoms with Gasteiger partial charge in [0, 0.05) is 14.5 Å². The molecule has 0 radical (unpaired) electrons. The summed E-state index contributed by atoms with van der Waals surface area (Å²) in [5, 5.41) is 3.08. The summed E-state index contributed by atoms with van der Waals surface area (Å²) in [7, 11) is 1.92. The number of aliphatic imine (C=N–C) groups is 1. The normalized spacial score (nSPS) is 15.8. The fraction of sp³-hybridized carbons (Fsp3) is 0.407. The van der Waals surface area contributed by atoms with Crippen LogP contribution in [0.3, 0.4) is 0 Å². The summed E-state index contributed by atoms with van der Waals surface area (Å²) in [6.07, 6.45) is 7.57. The van der Waals surface area contributed by atoms with Gasteiger partial charge >= 0.3 is 0 Å². The second-order valence-electron chi connectivity index (χ2n) is 7.90. The average molecular weight is 424 g/mol. The number of amides is 1. The molecule has 1 unspecified atom stereocenters. The maximum Gasteiger partial charge on any atom is 0.268 e. The number of allylic oxidation sites excluding steroid dienone is 2. The Bertz CT molecular complexity index is 890. The highest BCUT2D eigenvalue weighted by atomic mass is 16.2. The first-order chi connectivity index (χ1) is 14.6. The van der Waals surface area contributed by atoms with Gasteiger partial charge in [-0.1, -0.05) is 62.9 Å². The van der Waals surface area contributed by atoms with E-state index in [0.29, 0.717) is 5.70 Å². The van der Waals surface area contributed by atoms with Gasteiger partial charge in [-0.05, 0) is 64.0 Å². The van der Waals surface area contributed by atoms with Gasteiger partial charge in [-0.2, -0.15) is 0 Å². The van der Waals surface area contributed by atoms with Gasteiger partial charge in [0.15, 0.2) is 0 Å². The van der Waals surface area contributed by atoms with Crippen molar-refractivity contribution in [2.45, 2.75) is 66.1 Å². The average Bonchev–Trinajstić information content (AvgIpc) is 3.54. The Labute approximate surface area is 190 Å². The molecular weight excluding hydrogens is 382 g/mol. The van der Waals surface area contributed by atoms with E-state index in [1.54, 1.807) is 12.2 Å². The predicted molar refractivity (Wildman–Crippen MR) is 136 cm³/mol. The van der Waals surface area contributed by atoms with Crippen LogP contribution in [-0.4, -0.2) is 35.7 Å². The lowest BCUT2D eigenvalue weighted by Gasteiger charge is -2.28. The monoisotopic (exact) mass is 423 g/mol. The van der Waals surface area contributed by atoms with Gasteiger partial charge in [0.1, 0.15) is 11.2 Å². The summed E-state index contributed by atoms with van der Waals surface area (Å²) in [4.78, 5) is 19.9. The Morgan fingerprint density at radius 1 is 1.19 bits per heavy atom. The molecule has 2 rings (SSSR count). The van der Waals surface area contributed by atoms with Crippen molar-refractivity contribution in [1.82, 2.24) is 10.2 Å². The molecule has 1 N–H and O–H groups in total. The minimum Gasteiger partial charge on any atom is -0.368 e. The molecule has 0 saturated heterocycles. The molecular formula is C27H41N3O. The molecule has 0 fully saturated rings. The largest absolute Gasteiger partial charge is 0.368 e. The fourth-order valence-electron chi connectivity index (χ4n) is 3.15. The van der Waals surface area contributed by atoms with Gasteiger partial charge < -0.3 is 10.2 Å². The lowest BCUT2D eigenvalue weighted by atomic mass is 10.0. The zero-order chi connectivity index (χ0) is 23.8. The SMILES string of the molecule is C=CC(=NC1(c2cccc(C)c2)C=C1)C(C)NC(=O)/C(=C(\C)C=C)N(C)C(C)C.CC.[HH]. The maximum atomic E-state index is 13.1. The standard InChI is InChI=1S/C25H33N3O.C2H6.H2/c1-9-19(6)23(28(8)17(3)4)24(29)26-20(7)22(10-2)27-25(14-15-25)21-13-11-12-18(5)16-21;1-2;/h9-17,20H,1-2H2,3-8H3,(H,26,29);1-2H3;1H/b23-19-,27-22?;;. The van der Waals surface area contributed by atoms with Gasteiger partial charge in [0.05, 0.1) is 11.8 Å². The second kappa shape index (κ2) is 11.5. The van der Waals surface area contributed by atoms with Crippen molar-refractivity contribution in [3.05, 3.63) is 84.1 Å². The van der Waals surface area contributed by atoms with Crippen molar-refractivity contribution in [1.29, 1.82) is 0 Å². The van der Waals surface area contributed by atoms with Crippen LogP contribution in [0.1, 0.15) is 54.1 Å². The number of nitrogens with one attached hydrogen (secondary N) is 1. The van der Waals surface area contributed by atoms with Crippen LogP contribution in [-0.2, 0) is 10.3 Å². The van der Waals surface area contributed by atoms with E-state index in [1.165, 1.54) is 5.56 Å². The van der Waals surface area contributed by atoms with Crippen LogP contribution in [0.25, 0.3) is 0 Å². The van der Waals surface area contributed by atoms with E-state index >= 15 is 0 Å². The number of nitrogens with zero attached hydrogens (tertiary/aromatic N) is 2. The van der Waals surface area contributed by atoms with Crippen LogP contribution in [0.4, 0.5) is 0 Å². The summed E-state index contributed by atoms with van der Waals surface area (Å²) < 4.78 is 0. The third-order valence-corrected chi connectivity index (χ3v) is 5.30. The Kier molecular flexibility index (Phi) is 9.70. The van der Waals surface area contributed by atoms with Crippen LogP contribution in [0, 0.1) is 6.92 Å². The maximum absolute atomic E-state index is 13.1. The molecule has 4 nitrogen and oxygen atoms in total. The van der Waals surface area contributed by atoms with Crippen LogP contribution < -0.4 is 5.32 Å². The van der Waals surface area contributed by atoms with E-state index in [0.717, 1.165) is 16.8 Å². The third kappa shape index (κ3) is 6.55. The van der Waals surface area contributed by atoms with E-state index in [-0.39, 0.29) is 19.4 Å². The van der Waals surface area contributed by atoms with Crippen LogP contribution in [0.5, 0.6) is 0 Å². The molecule has 0 aromatic heterocycles. The minimum atomic E-state index is -0.432. The first-order valence-corrected chi connectivity index (χ1v) is 11.0. The van der Waals surface area contributed by atoms with Gasteiger partial charge in [-0.25, -0.2) is 0 Å². The fourth-order valence-corrected chi connectivity index (χ4v) is 3.15. The highest BCUT2D eigenvalue weighted by molar-refractivity contribution is 6.03. The number of rotatable bonds is 9. The Morgan fingerprint density at radius 3 is 2.26 bits per heavy atom. The topological polar surface area (TPSA) is 44.7 Å². The molecule has 0 saturated carbocycles. The second-order valence-corrected chi connectivity index (χ2v) is 7.90. The quantitative estimate of drug-likeness (QED) is 0.230. The van der Waals surface area contributed by atoms with E-state index in [9.17, 15) is 4.79 Å². The summed E-state index contributed by atoms with van der Waals surface area (Å²) in [6.45, 7) is 21.7. The van der Waals surface area contributed by atoms with Crippen molar-refractivity contribution in [3.63, 3.8) is 0 Å². The van der Waals surface area contributed by atoms with E-state index in [4.69, 9.17) is 4.99 Å². The van der Waals surface area contributed by atoms with Crippen LogP contribution in [0.15, 0.2) is 78.0 Å². The smallest absolute Gasteiger partial charge is 0.268 e. The summed E-state index contributed by atoms with van der Waals surface area (Å²) >= 11 is 0. The van der Waals surface area contributed by atoms with Crippen molar-refractivity contribution >= 4 is 11.6 Å². The lowest BCUT2D eigenvalue weighted by Crippen LogP contribution is -2.43. The molecule has 31 heavy (non-hydrogen) atoms. The number of carbonyl (C=O) groups is 1. The number of carbonyl (C=O) groups excluding carboxylic acids is 1. The first-order valence-electron chi connectivity index (χ1n) is 11.0. The van der Waals surface area contributed by atoms with Gasteiger partial charge in [-0.15, -0.1) is 0 Å². The first kappa shape index (κ1) is 26.2. The summed E-state index contributed by atoms with van der Waals surface area (Å²) in [5.74, 6) is -0.144. The molecule has 4 heteroatoms. The molecule has 1 aliphatic carbocycles. The number of aryl methyl sites for hydroxylation is 1. The van der Waals surface area contributed by atoms with Gasteiger partial charge in [0.2, 0.25) is 0 Å². The lowest BCUT2D eigenvalue weighted by molar-refractivity contribution is -0.119. The zero-order valence-electron chi connectivity index (χ0n) is 20.5. The Morgan fingerprint density at radius 2 is 1.81 bits per heavy atom. The van der Waals surface area contributed by atoms with Crippen LogP contribution in [0.2, 0.25) is 0 Å². The van der Waals surface area contributed by atoms with Crippen molar-refractivity contribution in [2.24, 2.45) is 4.99 Å². The molecule has 1 amide bonds. The highest BCUT2D eigenvalue weighted by Crippen LogP contribution is 2.40. The molecule has 0 heterocycles. The Balaban J connectivity index is 0.00000311. The minimum absolute atomic E-state index is 0. The molecule has 0 spiro atoms. The molecule has 1 aromatic rings. The highest BCUT2D eigenvalue weighted by Gasteiger charge is 2.36. The molecule has 170 valence electrons.